The Balaban J connectivity index is 1.42. The van der Waals surface area contributed by atoms with Crippen LogP contribution in [0.3, 0.4) is 0 Å². The number of fused-ring (bicyclic) bond motifs is 2. The highest BCUT2D eigenvalue weighted by molar-refractivity contribution is 5.93. The first-order valence-electron chi connectivity index (χ1n) is 9.03. The maximum atomic E-state index is 13.0. The van der Waals surface area contributed by atoms with Crippen LogP contribution in [0.15, 0.2) is 30.6 Å². The van der Waals surface area contributed by atoms with Crippen LogP contribution < -0.4 is 0 Å². The first-order valence-corrected chi connectivity index (χ1v) is 9.03. The molecule has 0 bridgehead atoms. The van der Waals surface area contributed by atoms with Crippen molar-refractivity contribution in [3.8, 4) is 0 Å². The maximum absolute atomic E-state index is 13.0. The van der Waals surface area contributed by atoms with E-state index in [0.717, 1.165) is 37.2 Å². The summed E-state index contributed by atoms with van der Waals surface area (Å²) in [6.45, 7) is 1.88. The van der Waals surface area contributed by atoms with E-state index >= 15 is 0 Å². The van der Waals surface area contributed by atoms with E-state index < -0.39 is 6.10 Å². The van der Waals surface area contributed by atoms with E-state index in [-0.39, 0.29) is 5.91 Å². The average molecular weight is 352 g/mol. The van der Waals surface area contributed by atoms with Crippen molar-refractivity contribution in [3.05, 3.63) is 47.7 Å². The molecule has 26 heavy (non-hydrogen) atoms. The van der Waals surface area contributed by atoms with Crippen LogP contribution >= 0.6 is 0 Å². The minimum atomic E-state index is -0.485. The predicted octanol–water partition coefficient (Wildman–Crippen LogP) is 1.42. The van der Waals surface area contributed by atoms with E-state index in [0.29, 0.717) is 30.3 Å². The Kier molecular flexibility index (Phi) is 3.53. The zero-order valence-corrected chi connectivity index (χ0v) is 14.3. The smallest absolute Gasteiger partial charge is 0.274 e. The van der Waals surface area contributed by atoms with E-state index in [2.05, 4.69) is 15.2 Å². The van der Waals surface area contributed by atoms with Gasteiger partial charge in [0.05, 0.1) is 24.1 Å². The van der Waals surface area contributed by atoms with Gasteiger partial charge in [-0.15, -0.1) is 0 Å². The number of hydrogen-bond donors (Lipinski definition) is 1. The van der Waals surface area contributed by atoms with Gasteiger partial charge in [0.15, 0.2) is 11.3 Å². The lowest BCUT2D eigenvalue weighted by atomic mass is 10.1. The third-order valence-corrected chi connectivity index (χ3v) is 5.19. The molecule has 1 saturated carbocycles. The first kappa shape index (κ1) is 15.5. The maximum Gasteiger partial charge on any atom is 0.274 e. The molecule has 5 rings (SSSR count). The minimum absolute atomic E-state index is 0.0878. The molecule has 2 aliphatic rings. The summed E-state index contributed by atoms with van der Waals surface area (Å²) >= 11 is 0. The second-order valence-corrected chi connectivity index (χ2v) is 7.08. The molecule has 134 valence electrons. The Hall–Kier alpha value is -2.74. The number of imidazole rings is 1. The SMILES string of the molecule is O=C(c1cnc2cccnn12)N1CCCn2nc([C@@H](O)C3CC3)cc2C1. The third kappa shape index (κ3) is 2.57. The number of aryl methyl sites for hydroxylation is 1. The molecule has 3 aromatic heterocycles. The lowest BCUT2D eigenvalue weighted by Gasteiger charge is -2.19. The van der Waals surface area contributed by atoms with Crippen LogP contribution in [-0.2, 0) is 13.1 Å². The van der Waals surface area contributed by atoms with Gasteiger partial charge in [0, 0.05) is 19.3 Å². The van der Waals surface area contributed by atoms with Crippen LogP contribution in [0.2, 0.25) is 0 Å². The number of carbonyl (C=O) groups is 1. The van der Waals surface area contributed by atoms with Gasteiger partial charge in [-0.05, 0) is 43.4 Å². The highest BCUT2D eigenvalue weighted by atomic mass is 16.3. The fraction of sp³-hybridized carbons (Fsp3) is 0.444. The molecule has 1 amide bonds. The van der Waals surface area contributed by atoms with Crippen molar-refractivity contribution >= 4 is 11.6 Å². The molecule has 1 aliphatic carbocycles. The zero-order valence-electron chi connectivity index (χ0n) is 14.3. The van der Waals surface area contributed by atoms with Gasteiger partial charge in [-0.2, -0.15) is 10.2 Å². The summed E-state index contributed by atoms with van der Waals surface area (Å²) in [6.07, 6.45) is 5.69. The van der Waals surface area contributed by atoms with Gasteiger partial charge in [0.25, 0.3) is 5.91 Å². The highest BCUT2D eigenvalue weighted by Crippen LogP contribution is 2.40. The van der Waals surface area contributed by atoms with Gasteiger partial charge in [-0.3, -0.25) is 9.48 Å². The highest BCUT2D eigenvalue weighted by Gasteiger charge is 2.33. The molecule has 4 heterocycles. The Morgan fingerprint density at radius 1 is 1.31 bits per heavy atom. The Morgan fingerprint density at radius 3 is 3.04 bits per heavy atom. The summed E-state index contributed by atoms with van der Waals surface area (Å²) < 4.78 is 3.51. The quantitative estimate of drug-likeness (QED) is 0.770. The second-order valence-electron chi connectivity index (χ2n) is 7.08. The molecule has 1 N–H and O–H groups in total. The van der Waals surface area contributed by atoms with E-state index in [4.69, 9.17) is 0 Å². The molecule has 0 radical (unpaired) electrons. The molecule has 8 heteroatoms. The number of aromatic nitrogens is 5. The van der Waals surface area contributed by atoms with Crippen LogP contribution in [0.5, 0.6) is 0 Å². The van der Waals surface area contributed by atoms with Crippen LogP contribution in [0.25, 0.3) is 5.65 Å². The van der Waals surface area contributed by atoms with Crippen molar-refractivity contribution < 1.29 is 9.90 Å². The fourth-order valence-electron chi connectivity index (χ4n) is 3.59. The summed E-state index contributed by atoms with van der Waals surface area (Å²) in [4.78, 5) is 19.1. The monoisotopic (exact) mass is 352 g/mol. The molecular weight excluding hydrogens is 332 g/mol. The summed E-state index contributed by atoms with van der Waals surface area (Å²) in [6, 6.07) is 5.57. The number of aliphatic hydroxyl groups is 1. The van der Waals surface area contributed by atoms with E-state index in [1.165, 1.54) is 0 Å². The van der Waals surface area contributed by atoms with Crippen molar-refractivity contribution in [1.29, 1.82) is 0 Å². The molecule has 0 unspecified atom stereocenters. The number of carbonyl (C=O) groups excluding carboxylic acids is 1. The Labute approximate surface area is 150 Å². The van der Waals surface area contributed by atoms with Gasteiger partial charge < -0.3 is 10.0 Å². The Morgan fingerprint density at radius 2 is 2.19 bits per heavy atom. The summed E-state index contributed by atoms with van der Waals surface area (Å²) in [5.41, 5.74) is 2.82. The van der Waals surface area contributed by atoms with Gasteiger partial charge >= 0.3 is 0 Å². The van der Waals surface area contributed by atoms with Gasteiger partial charge in [0.2, 0.25) is 0 Å². The van der Waals surface area contributed by atoms with Crippen LogP contribution in [0.4, 0.5) is 0 Å². The lowest BCUT2D eigenvalue weighted by Crippen LogP contribution is -2.31. The molecule has 8 nitrogen and oxygen atoms in total. The second kappa shape index (κ2) is 5.91. The predicted molar refractivity (Wildman–Crippen MR) is 92.3 cm³/mol. The minimum Gasteiger partial charge on any atom is -0.386 e. The molecule has 3 aromatic rings. The van der Waals surface area contributed by atoms with Gasteiger partial charge in [0.1, 0.15) is 6.10 Å². The third-order valence-electron chi connectivity index (χ3n) is 5.19. The molecule has 1 atom stereocenters. The van der Waals surface area contributed by atoms with Gasteiger partial charge in [-0.1, -0.05) is 0 Å². The fourth-order valence-corrected chi connectivity index (χ4v) is 3.59. The van der Waals surface area contributed by atoms with Crippen molar-refractivity contribution in [2.24, 2.45) is 5.92 Å². The van der Waals surface area contributed by atoms with E-state index in [1.807, 2.05) is 21.7 Å². The van der Waals surface area contributed by atoms with Gasteiger partial charge in [-0.25, -0.2) is 9.50 Å². The van der Waals surface area contributed by atoms with Crippen molar-refractivity contribution in [2.45, 2.75) is 38.5 Å². The van der Waals surface area contributed by atoms with Crippen molar-refractivity contribution in [3.63, 3.8) is 0 Å². The Bertz CT molecular complexity index is 973. The summed E-state index contributed by atoms with van der Waals surface area (Å²) in [5.74, 6) is 0.256. The first-order chi connectivity index (χ1) is 12.7. The standard InChI is InChI=1S/C18H20N6O2/c25-17(12-4-5-12)14-9-13-11-22(7-2-8-23(13)21-14)18(26)15-10-19-16-3-1-6-20-24(15)16/h1,3,6,9-10,12,17,25H,2,4-5,7-8,11H2/t17-/m0/s1. The van der Waals surface area contributed by atoms with Crippen LogP contribution in [0.1, 0.15) is 47.2 Å². The van der Waals surface area contributed by atoms with E-state index in [1.54, 1.807) is 23.0 Å². The number of amides is 1. The van der Waals surface area contributed by atoms with E-state index in [9.17, 15) is 9.90 Å². The number of hydrogen-bond acceptors (Lipinski definition) is 5. The molecular formula is C18H20N6O2. The van der Waals surface area contributed by atoms with Crippen LogP contribution in [-0.4, -0.2) is 46.8 Å². The molecule has 1 aliphatic heterocycles. The molecule has 1 fully saturated rings. The van der Waals surface area contributed by atoms with Crippen molar-refractivity contribution in [1.82, 2.24) is 29.3 Å². The summed E-state index contributed by atoms with van der Waals surface area (Å²) in [5, 5.41) is 19.2. The molecule has 0 aromatic carbocycles. The number of aliphatic hydroxyl groups excluding tert-OH is 1. The average Bonchev–Trinajstić information content (AvgIpc) is 3.36. The molecule has 0 saturated heterocycles. The zero-order chi connectivity index (χ0) is 17.7. The lowest BCUT2D eigenvalue weighted by molar-refractivity contribution is 0.0737. The molecule has 0 spiro atoms. The van der Waals surface area contributed by atoms with Crippen LogP contribution in [0, 0.1) is 5.92 Å². The summed E-state index contributed by atoms with van der Waals surface area (Å²) in [7, 11) is 0. The number of nitrogens with zero attached hydrogens (tertiary/aromatic N) is 6. The van der Waals surface area contributed by atoms with Crippen molar-refractivity contribution in [2.75, 3.05) is 6.54 Å². The topological polar surface area (TPSA) is 88.6 Å². The normalized spacial score (nSPS) is 18.6. The largest absolute Gasteiger partial charge is 0.386 e. The number of rotatable bonds is 3.